The molecule has 1 atom stereocenters. The summed E-state index contributed by atoms with van der Waals surface area (Å²) in [6, 6.07) is 10.2. The summed E-state index contributed by atoms with van der Waals surface area (Å²) in [5.41, 5.74) is 3.89. The summed E-state index contributed by atoms with van der Waals surface area (Å²) in [6.07, 6.45) is 0.857. The van der Waals surface area contributed by atoms with Crippen molar-refractivity contribution in [2.75, 3.05) is 0 Å². The zero-order chi connectivity index (χ0) is 9.52. The van der Waals surface area contributed by atoms with Crippen molar-refractivity contribution in [2.24, 2.45) is 0 Å². The Hall–Kier alpha value is -0.760. The Balaban J connectivity index is 2.36. The Morgan fingerprint density at radius 2 is 2.15 bits per heavy atom. The summed E-state index contributed by atoms with van der Waals surface area (Å²) >= 11 is 0. The molecule has 4 heteroatoms. The van der Waals surface area contributed by atoms with Gasteiger partial charge in [-0.3, -0.25) is 0 Å². The normalized spacial score (nSPS) is 13.0. The van der Waals surface area contributed by atoms with Gasteiger partial charge < -0.3 is 0 Å². The highest BCUT2D eigenvalue weighted by Gasteiger charge is 2.01. The van der Waals surface area contributed by atoms with Gasteiger partial charge in [0.05, 0.1) is 0 Å². The summed E-state index contributed by atoms with van der Waals surface area (Å²) in [5, 5.41) is 0. The average Bonchev–Trinajstić information content (AvgIpc) is 2.16. The average molecular weight is 197 g/mol. The summed E-state index contributed by atoms with van der Waals surface area (Å²) in [6.45, 7) is 1.97. The van der Waals surface area contributed by atoms with E-state index >= 15 is 0 Å². The second-order valence-corrected chi connectivity index (χ2v) is 3.21. The number of hydroxylamine groups is 1. The van der Waals surface area contributed by atoms with Crippen LogP contribution in [0.25, 0.3) is 0 Å². The first-order valence-corrected chi connectivity index (χ1v) is 4.84. The maximum atomic E-state index is 9.97. The highest BCUT2D eigenvalue weighted by Crippen LogP contribution is 2.03. The van der Waals surface area contributed by atoms with Crippen LogP contribution in [0.2, 0.25) is 0 Å². The molecule has 0 radical (unpaired) electrons. The second-order valence-electron chi connectivity index (χ2n) is 2.87. The fourth-order valence-electron chi connectivity index (χ4n) is 1.12. The molecule has 1 N–H and O–H groups in total. The highest BCUT2D eigenvalue weighted by atomic mass is 31.1. The number of hydrogen-bond acceptors (Lipinski definition) is 3. The number of benzene rings is 1. The molecule has 0 amide bonds. The molecule has 0 aliphatic carbocycles. The fourth-order valence-corrected chi connectivity index (χ4v) is 1.34. The van der Waals surface area contributed by atoms with Crippen LogP contribution in [-0.2, 0) is 15.6 Å². The third-order valence-corrected chi connectivity index (χ3v) is 1.86. The molecule has 0 fully saturated rings. The number of nitrogens with one attached hydrogen (secondary N) is 1. The van der Waals surface area contributed by atoms with Crippen LogP contribution in [0.15, 0.2) is 30.3 Å². The van der Waals surface area contributed by atoms with E-state index in [0.717, 1.165) is 6.42 Å². The SMILES string of the molecule is C[C@@H](Cc1ccccc1)NOP=O. The Morgan fingerprint density at radius 1 is 1.46 bits per heavy atom. The van der Waals surface area contributed by atoms with Crippen LogP contribution in [0.3, 0.4) is 0 Å². The predicted octanol–water partition coefficient (Wildman–Crippen LogP) is 2.35. The molecule has 0 saturated carbocycles. The molecule has 0 aliphatic heterocycles. The minimum atomic E-state index is -0.335. The van der Waals surface area contributed by atoms with Gasteiger partial charge >= 0.3 is 8.69 Å². The van der Waals surface area contributed by atoms with Crippen LogP contribution >= 0.6 is 8.69 Å². The maximum absolute atomic E-state index is 9.97. The molecule has 0 spiro atoms. The topological polar surface area (TPSA) is 38.3 Å². The predicted molar refractivity (Wildman–Crippen MR) is 51.4 cm³/mol. The van der Waals surface area contributed by atoms with E-state index in [4.69, 9.17) is 0 Å². The van der Waals surface area contributed by atoms with E-state index in [9.17, 15) is 4.57 Å². The Bertz CT molecular complexity index is 253. The molecule has 70 valence electrons. The van der Waals surface area contributed by atoms with E-state index in [0.29, 0.717) is 0 Å². The summed E-state index contributed by atoms with van der Waals surface area (Å²) in [4.78, 5) is 0. The minimum absolute atomic E-state index is 0.156. The maximum Gasteiger partial charge on any atom is 0.346 e. The molecule has 13 heavy (non-hydrogen) atoms. The Kier molecular flexibility index (Phi) is 4.61. The standard InChI is InChI=1S/C9H12NO2P/c1-8(10-12-13-11)7-9-5-3-2-4-6-9/h2-6,8,10H,7H2,1H3/t8-/m0/s1. The van der Waals surface area contributed by atoms with Gasteiger partial charge in [0.15, 0.2) is 0 Å². The van der Waals surface area contributed by atoms with Crippen molar-refractivity contribution in [1.82, 2.24) is 5.48 Å². The van der Waals surface area contributed by atoms with Gasteiger partial charge in [0.25, 0.3) is 0 Å². The van der Waals surface area contributed by atoms with Gasteiger partial charge in [-0.25, -0.2) is 9.19 Å². The minimum Gasteiger partial charge on any atom is -0.239 e. The number of hydrogen-bond donors (Lipinski definition) is 1. The van der Waals surface area contributed by atoms with E-state index in [-0.39, 0.29) is 14.7 Å². The van der Waals surface area contributed by atoms with Gasteiger partial charge in [0.1, 0.15) is 0 Å². The van der Waals surface area contributed by atoms with Gasteiger partial charge in [-0.1, -0.05) is 30.3 Å². The molecule has 0 unspecified atom stereocenters. The highest BCUT2D eigenvalue weighted by molar-refractivity contribution is 7.17. The largest absolute Gasteiger partial charge is 0.346 e. The molecule has 3 nitrogen and oxygen atoms in total. The van der Waals surface area contributed by atoms with Crippen molar-refractivity contribution in [3.8, 4) is 0 Å². The molecule has 1 rings (SSSR count). The third-order valence-electron chi connectivity index (χ3n) is 1.68. The third kappa shape index (κ3) is 4.13. The Labute approximate surface area is 79.4 Å². The first-order chi connectivity index (χ1) is 6.33. The molecule has 0 saturated heterocycles. The second kappa shape index (κ2) is 5.81. The molecule has 0 heterocycles. The van der Waals surface area contributed by atoms with Crippen LogP contribution in [0, 0.1) is 0 Å². The van der Waals surface area contributed by atoms with Crippen molar-refractivity contribution < 1.29 is 9.19 Å². The lowest BCUT2D eigenvalue weighted by Gasteiger charge is -2.09. The zero-order valence-electron chi connectivity index (χ0n) is 7.43. The van der Waals surface area contributed by atoms with Crippen LogP contribution in [-0.4, -0.2) is 6.04 Å². The molecule has 0 aromatic heterocycles. The first kappa shape index (κ1) is 10.3. The van der Waals surface area contributed by atoms with Crippen LogP contribution in [0.1, 0.15) is 12.5 Å². The summed E-state index contributed by atoms with van der Waals surface area (Å²) in [5.74, 6) is 0. The van der Waals surface area contributed by atoms with Crippen LogP contribution in [0.5, 0.6) is 0 Å². The first-order valence-electron chi connectivity index (χ1n) is 4.11. The summed E-state index contributed by atoms with van der Waals surface area (Å²) in [7, 11) is -0.335. The van der Waals surface area contributed by atoms with Crippen molar-refractivity contribution in [3.05, 3.63) is 35.9 Å². The molecular weight excluding hydrogens is 185 g/mol. The molecule has 0 aliphatic rings. The smallest absolute Gasteiger partial charge is 0.239 e. The van der Waals surface area contributed by atoms with E-state index in [1.807, 2.05) is 37.3 Å². The van der Waals surface area contributed by atoms with E-state index < -0.39 is 0 Å². The number of rotatable bonds is 5. The van der Waals surface area contributed by atoms with Crippen LogP contribution < -0.4 is 5.48 Å². The lowest BCUT2D eigenvalue weighted by Crippen LogP contribution is -2.25. The van der Waals surface area contributed by atoms with Gasteiger partial charge in [0.2, 0.25) is 0 Å². The lowest BCUT2D eigenvalue weighted by atomic mass is 10.1. The fraction of sp³-hybridized carbons (Fsp3) is 0.333. The van der Waals surface area contributed by atoms with Crippen molar-refractivity contribution in [1.29, 1.82) is 0 Å². The monoisotopic (exact) mass is 197 g/mol. The van der Waals surface area contributed by atoms with Crippen molar-refractivity contribution in [2.45, 2.75) is 19.4 Å². The lowest BCUT2D eigenvalue weighted by molar-refractivity contribution is 0.182. The van der Waals surface area contributed by atoms with Crippen LogP contribution in [0.4, 0.5) is 0 Å². The van der Waals surface area contributed by atoms with Gasteiger partial charge in [-0.05, 0) is 18.9 Å². The van der Waals surface area contributed by atoms with E-state index in [1.165, 1.54) is 5.56 Å². The summed E-state index contributed by atoms with van der Waals surface area (Å²) < 4.78 is 14.5. The van der Waals surface area contributed by atoms with Gasteiger partial charge in [0, 0.05) is 6.04 Å². The van der Waals surface area contributed by atoms with Crippen molar-refractivity contribution >= 4 is 8.69 Å². The van der Waals surface area contributed by atoms with Gasteiger partial charge in [-0.2, -0.15) is 5.48 Å². The van der Waals surface area contributed by atoms with Gasteiger partial charge in [-0.15, -0.1) is 0 Å². The van der Waals surface area contributed by atoms with E-state index in [1.54, 1.807) is 0 Å². The van der Waals surface area contributed by atoms with E-state index in [2.05, 4.69) is 10.1 Å². The molecule has 0 bridgehead atoms. The quantitative estimate of drug-likeness (QED) is 0.581. The molecular formula is C9H12NO2P. The molecule has 1 aromatic rings. The Morgan fingerprint density at radius 3 is 2.77 bits per heavy atom. The molecule has 1 aromatic carbocycles. The zero-order valence-corrected chi connectivity index (χ0v) is 8.33. The van der Waals surface area contributed by atoms with Crippen molar-refractivity contribution in [3.63, 3.8) is 0 Å².